The summed E-state index contributed by atoms with van der Waals surface area (Å²) in [7, 11) is 1.40. The smallest absolute Gasteiger partial charge is 0.337 e. The van der Waals surface area contributed by atoms with Gasteiger partial charge in [-0.05, 0) is 61.2 Å². The van der Waals surface area contributed by atoms with Gasteiger partial charge in [-0.25, -0.2) is 4.79 Å². The highest BCUT2D eigenvalue weighted by molar-refractivity contribution is 5.89. The van der Waals surface area contributed by atoms with Crippen LogP contribution in [0.4, 0.5) is 0 Å². The molecule has 1 N–H and O–H groups in total. The number of hydrogen-bond acceptors (Lipinski definition) is 2. The summed E-state index contributed by atoms with van der Waals surface area (Å²) in [5.41, 5.74) is 6.73. The molecule has 0 saturated heterocycles. The largest absolute Gasteiger partial charge is 0.465 e. The Hall–Kier alpha value is -2.55. The Morgan fingerprint density at radius 2 is 1.73 bits per heavy atom. The number of rotatable bonds is 3. The van der Waals surface area contributed by atoms with Gasteiger partial charge in [0.05, 0.1) is 12.7 Å². The number of carbonyl (C=O) groups excluding carboxylic acids is 1. The van der Waals surface area contributed by atoms with Crippen LogP contribution in [0.1, 0.15) is 32.7 Å². The molecule has 0 aliphatic heterocycles. The molecule has 112 valence electrons. The summed E-state index contributed by atoms with van der Waals surface area (Å²) in [4.78, 5) is 14.8. The number of methoxy groups -OCH3 is 1. The fraction of sp³-hybridized carbons (Fsp3) is 0.211. The molecule has 0 fully saturated rings. The molecular formula is C19H19NO2. The van der Waals surface area contributed by atoms with Crippen molar-refractivity contribution in [1.29, 1.82) is 0 Å². The van der Waals surface area contributed by atoms with Gasteiger partial charge in [0.15, 0.2) is 0 Å². The molecule has 0 saturated carbocycles. The topological polar surface area (TPSA) is 42.1 Å². The minimum Gasteiger partial charge on any atom is -0.465 e. The lowest BCUT2D eigenvalue weighted by molar-refractivity contribution is 0.0600. The number of aromatic amines is 1. The van der Waals surface area contributed by atoms with Gasteiger partial charge in [0.2, 0.25) is 0 Å². The van der Waals surface area contributed by atoms with Gasteiger partial charge in [0, 0.05) is 16.6 Å². The molecule has 0 spiro atoms. The second-order valence-corrected chi connectivity index (χ2v) is 5.62. The van der Waals surface area contributed by atoms with Gasteiger partial charge in [-0.2, -0.15) is 0 Å². The molecule has 3 aromatic rings. The first-order valence-electron chi connectivity index (χ1n) is 7.33. The number of H-pyrrole nitrogens is 1. The summed E-state index contributed by atoms with van der Waals surface area (Å²) in [5, 5.41) is 1.28. The molecule has 3 heteroatoms. The van der Waals surface area contributed by atoms with Crippen molar-refractivity contribution in [3.8, 4) is 0 Å². The summed E-state index contributed by atoms with van der Waals surface area (Å²) >= 11 is 0. The van der Waals surface area contributed by atoms with Gasteiger partial charge in [0.1, 0.15) is 0 Å². The van der Waals surface area contributed by atoms with Crippen molar-refractivity contribution >= 4 is 16.9 Å². The van der Waals surface area contributed by atoms with Crippen LogP contribution in [0.15, 0.2) is 42.5 Å². The molecule has 0 aliphatic rings. The van der Waals surface area contributed by atoms with E-state index in [9.17, 15) is 4.79 Å². The molecule has 1 aromatic heterocycles. The molecule has 0 aliphatic carbocycles. The van der Waals surface area contributed by atoms with E-state index in [4.69, 9.17) is 4.74 Å². The average molecular weight is 293 g/mol. The Kier molecular flexibility index (Phi) is 3.72. The number of esters is 1. The van der Waals surface area contributed by atoms with Crippen molar-refractivity contribution in [2.75, 3.05) is 7.11 Å². The maximum Gasteiger partial charge on any atom is 0.337 e. The van der Waals surface area contributed by atoms with Crippen LogP contribution in [-0.4, -0.2) is 18.1 Å². The molecule has 0 radical (unpaired) electrons. The van der Waals surface area contributed by atoms with Crippen molar-refractivity contribution < 1.29 is 9.53 Å². The van der Waals surface area contributed by atoms with Crippen LogP contribution < -0.4 is 0 Å². The predicted molar refractivity (Wildman–Crippen MR) is 88.4 cm³/mol. The third kappa shape index (κ3) is 2.62. The summed E-state index contributed by atoms with van der Waals surface area (Å²) in [6, 6.07) is 14.1. The van der Waals surface area contributed by atoms with Crippen molar-refractivity contribution in [1.82, 2.24) is 4.98 Å². The van der Waals surface area contributed by atoms with E-state index in [1.807, 2.05) is 24.3 Å². The zero-order valence-corrected chi connectivity index (χ0v) is 13.1. The van der Waals surface area contributed by atoms with Crippen LogP contribution in [0, 0.1) is 13.8 Å². The van der Waals surface area contributed by atoms with Gasteiger partial charge >= 0.3 is 5.97 Å². The van der Waals surface area contributed by atoms with E-state index in [2.05, 4.69) is 37.0 Å². The van der Waals surface area contributed by atoms with Crippen LogP contribution in [-0.2, 0) is 11.2 Å². The molecule has 1 heterocycles. The van der Waals surface area contributed by atoms with Gasteiger partial charge in [0.25, 0.3) is 0 Å². The first-order chi connectivity index (χ1) is 10.6. The Morgan fingerprint density at radius 3 is 2.41 bits per heavy atom. The van der Waals surface area contributed by atoms with Crippen LogP contribution in [0.2, 0.25) is 0 Å². The summed E-state index contributed by atoms with van der Waals surface area (Å²) < 4.78 is 4.72. The van der Waals surface area contributed by atoms with Gasteiger partial charge in [-0.3, -0.25) is 0 Å². The predicted octanol–water partition coefficient (Wildman–Crippen LogP) is 4.16. The van der Waals surface area contributed by atoms with E-state index in [-0.39, 0.29) is 5.97 Å². The first kappa shape index (κ1) is 14.4. The van der Waals surface area contributed by atoms with Crippen LogP contribution >= 0.6 is 0 Å². The lowest BCUT2D eigenvalue weighted by Gasteiger charge is -2.04. The number of ether oxygens (including phenoxy) is 1. The second-order valence-electron chi connectivity index (χ2n) is 5.62. The molecule has 22 heavy (non-hydrogen) atoms. The summed E-state index contributed by atoms with van der Waals surface area (Å²) in [6.07, 6.45) is 0.848. The van der Waals surface area contributed by atoms with Crippen molar-refractivity contribution in [2.45, 2.75) is 20.3 Å². The number of carbonyl (C=O) groups is 1. The molecular weight excluding hydrogens is 274 g/mol. The Labute approximate surface area is 129 Å². The Balaban J connectivity index is 1.86. The molecule has 0 bridgehead atoms. The van der Waals surface area contributed by atoms with E-state index in [1.165, 1.54) is 40.4 Å². The van der Waals surface area contributed by atoms with E-state index >= 15 is 0 Å². The highest BCUT2D eigenvalue weighted by atomic mass is 16.5. The van der Waals surface area contributed by atoms with Crippen LogP contribution in [0.5, 0.6) is 0 Å². The maximum atomic E-state index is 11.4. The highest BCUT2D eigenvalue weighted by Crippen LogP contribution is 2.23. The van der Waals surface area contributed by atoms with E-state index < -0.39 is 0 Å². The van der Waals surface area contributed by atoms with E-state index in [0.29, 0.717) is 5.56 Å². The zero-order chi connectivity index (χ0) is 15.7. The normalized spacial score (nSPS) is 10.9. The summed E-state index contributed by atoms with van der Waals surface area (Å²) in [6.45, 7) is 4.24. The summed E-state index contributed by atoms with van der Waals surface area (Å²) in [5.74, 6) is -0.300. The van der Waals surface area contributed by atoms with Gasteiger partial charge in [-0.1, -0.05) is 18.2 Å². The number of aryl methyl sites for hydroxylation is 2. The average Bonchev–Trinajstić information content (AvgIpc) is 2.82. The second kappa shape index (κ2) is 5.68. The van der Waals surface area contributed by atoms with Crippen LogP contribution in [0.3, 0.4) is 0 Å². The number of hydrogen-bond donors (Lipinski definition) is 1. The standard InChI is InChI=1S/C19H19NO2/c1-12-13(2)20-18-9-6-15(11-17(12)18)10-14-4-7-16(8-5-14)19(21)22-3/h4-9,11,20H,10H2,1-3H3. The number of fused-ring (bicyclic) bond motifs is 1. The number of nitrogens with one attached hydrogen (secondary N) is 1. The number of benzene rings is 2. The lowest BCUT2D eigenvalue weighted by atomic mass is 10.0. The SMILES string of the molecule is COC(=O)c1ccc(Cc2ccc3[nH]c(C)c(C)c3c2)cc1. The van der Waals surface area contributed by atoms with Crippen molar-refractivity contribution in [2.24, 2.45) is 0 Å². The van der Waals surface area contributed by atoms with E-state index in [0.717, 1.165) is 6.42 Å². The third-order valence-corrected chi connectivity index (χ3v) is 4.16. The molecule has 0 unspecified atom stereocenters. The van der Waals surface area contributed by atoms with Gasteiger partial charge < -0.3 is 9.72 Å². The molecule has 2 aromatic carbocycles. The van der Waals surface area contributed by atoms with Crippen molar-refractivity contribution in [3.63, 3.8) is 0 Å². The maximum absolute atomic E-state index is 11.4. The first-order valence-corrected chi connectivity index (χ1v) is 7.33. The monoisotopic (exact) mass is 293 g/mol. The fourth-order valence-corrected chi connectivity index (χ4v) is 2.73. The fourth-order valence-electron chi connectivity index (χ4n) is 2.73. The molecule has 3 nitrogen and oxygen atoms in total. The quantitative estimate of drug-likeness (QED) is 0.737. The third-order valence-electron chi connectivity index (χ3n) is 4.16. The minimum absolute atomic E-state index is 0.300. The van der Waals surface area contributed by atoms with E-state index in [1.54, 1.807) is 0 Å². The minimum atomic E-state index is -0.300. The molecule has 3 rings (SSSR count). The highest BCUT2D eigenvalue weighted by Gasteiger charge is 2.07. The Bertz CT molecular complexity index is 829. The zero-order valence-electron chi connectivity index (χ0n) is 13.1. The van der Waals surface area contributed by atoms with Gasteiger partial charge in [-0.15, -0.1) is 0 Å². The van der Waals surface area contributed by atoms with Crippen LogP contribution in [0.25, 0.3) is 10.9 Å². The molecule has 0 amide bonds. The lowest BCUT2D eigenvalue weighted by Crippen LogP contribution is -2.01. The molecule has 0 atom stereocenters. The Morgan fingerprint density at radius 1 is 1.05 bits per heavy atom. The number of aromatic nitrogens is 1. The van der Waals surface area contributed by atoms with Crippen molar-refractivity contribution in [3.05, 3.63) is 70.4 Å².